The molecule has 1 heterocycles. The summed E-state index contributed by atoms with van der Waals surface area (Å²) in [6, 6.07) is 0. The molecule has 1 fully saturated rings. The van der Waals surface area contributed by atoms with Crippen molar-refractivity contribution in [3.05, 3.63) is 0 Å². The minimum atomic E-state index is 1.02. The van der Waals surface area contributed by atoms with Gasteiger partial charge in [-0.05, 0) is 44.8 Å². The average molecular weight is 197 g/mol. The number of unbranched alkanes of at least 4 members (excludes halogenated alkanes) is 1. The summed E-state index contributed by atoms with van der Waals surface area (Å²) < 4.78 is 0. The van der Waals surface area contributed by atoms with E-state index in [0.29, 0.717) is 0 Å². The molecule has 0 N–H and O–H groups in total. The van der Waals surface area contributed by atoms with Crippen molar-refractivity contribution in [3.8, 4) is 0 Å². The van der Waals surface area contributed by atoms with E-state index in [4.69, 9.17) is 0 Å². The molecule has 1 aliphatic heterocycles. The predicted octanol–water partition coefficient (Wildman–Crippen LogP) is 3.54. The van der Waals surface area contributed by atoms with Crippen LogP contribution in [0.3, 0.4) is 0 Å². The summed E-state index contributed by atoms with van der Waals surface area (Å²) in [6.07, 6.45) is 8.56. The van der Waals surface area contributed by atoms with Crippen molar-refractivity contribution >= 4 is 0 Å². The molecule has 0 aromatic carbocycles. The minimum Gasteiger partial charge on any atom is -0.306 e. The Bertz CT molecular complexity index is 133. The van der Waals surface area contributed by atoms with Gasteiger partial charge in [-0.15, -0.1) is 0 Å². The summed E-state index contributed by atoms with van der Waals surface area (Å²) in [5.74, 6) is 2.05. The van der Waals surface area contributed by atoms with Crippen LogP contribution in [0, 0.1) is 11.8 Å². The van der Waals surface area contributed by atoms with Crippen molar-refractivity contribution in [1.29, 1.82) is 0 Å². The fourth-order valence-corrected chi connectivity index (χ4v) is 2.74. The maximum Gasteiger partial charge on any atom is -0.00190 e. The molecule has 0 aliphatic carbocycles. The fraction of sp³-hybridized carbons (Fsp3) is 1.00. The van der Waals surface area contributed by atoms with E-state index in [1.54, 1.807) is 0 Å². The standard InChI is InChI=1S/C13H27N/c1-4-6-7-12(5-2)13-8-10-14(3)11-9-13/h12-13H,4-11H2,1-3H3. The second kappa shape index (κ2) is 6.44. The van der Waals surface area contributed by atoms with Crippen molar-refractivity contribution in [2.45, 2.75) is 52.4 Å². The summed E-state index contributed by atoms with van der Waals surface area (Å²) in [5, 5.41) is 0. The Kier molecular flexibility index (Phi) is 5.54. The van der Waals surface area contributed by atoms with Crippen molar-refractivity contribution < 1.29 is 0 Å². The molecule has 0 amide bonds. The first-order chi connectivity index (χ1) is 6.77. The van der Waals surface area contributed by atoms with Crippen LogP contribution in [0.5, 0.6) is 0 Å². The third-order valence-electron chi connectivity index (χ3n) is 3.88. The lowest BCUT2D eigenvalue weighted by Crippen LogP contribution is -2.33. The molecule has 1 atom stereocenters. The largest absolute Gasteiger partial charge is 0.306 e. The highest BCUT2D eigenvalue weighted by molar-refractivity contribution is 4.75. The average Bonchev–Trinajstić information content (AvgIpc) is 2.21. The number of hydrogen-bond acceptors (Lipinski definition) is 1. The quantitative estimate of drug-likeness (QED) is 0.651. The Hall–Kier alpha value is -0.0400. The number of rotatable bonds is 5. The zero-order valence-corrected chi connectivity index (χ0v) is 10.3. The summed E-state index contributed by atoms with van der Waals surface area (Å²) >= 11 is 0. The first-order valence-electron chi connectivity index (χ1n) is 6.46. The molecule has 14 heavy (non-hydrogen) atoms. The van der Waals surface area contributed by atoms with Crippen LogP contribution < -0.4 is 0 Å². The van der Waals surface area contributed by atoms with E-state index >= 15 is 0 Å². The highest BCUT2D eigenvalue weighted by atomic mass is 15.1. The van der Waals surface area contributed by atoms with Crippen molar-refractivity contribution in [3.63, 3.8) is 0 Å². The fourth-order valence-electron chi connectivity index (χ4n) is 2.74. The molecular weight excluding hydrogens is 170 g/mol. The molecule has 1 nitrogen and oxygen atoms in total. The topological polar surface area (TPSA) is 3.24 Å². The van der Waals surface area contributed by atoms with Crippen molar-refractivity contribution in [2.75, 3.05) is 20.1 Å². The third-order valence-corrected chi connectivity index (χ3v) is 3.88. The lowest BCUT2D eigenvalue weighted by Gasteiger charge is -2.34. The molecule has 0 radical (unpaired) electrons. The summed E-state index contributed by atoms with van der Waals surface area (Å²) in [4.78, 5) is 2.48. The van der Waals surface area contributed by atoms with E-state index < -0.39 is 0 Å². The maximum atomic E-state index is 2.48. The third kappa shape index (κ3) is 3.61. The monoisotopic (exact) mass is 197 g/mol. The van der Waals surface area contributed by atoms with E-state index in [9.17, 15) is 0 Å². The molecule has 0 spiro atoms. The Morgan fingerprint density at radius 3 is 2.36 bits per heavy atom. The van der Waals surface area contributed by atoms with Gasteiger partial charge in [0.1, 0.15) is 0 Å². The van der Waals surface area contributed by atoms with Crippen LogP contribution in [0.2, 0.25) is 0 Å². The van der Waals surface area contributed by atoms with Crippen molar-refractivity contribution in [1.82, 2.24) is 4.90 Å². The summed E-state index contributed by atoms with van der Waals surface area (Å²) in [6.45, 7) is 7.33. The second-order valence-corrected chi connectivity index (χ2v) is 4.95. The van der Waals surface area contributed by atoms with Gasteiger partial charge in [-0.3, -0.25) is 0 Å². The zero-order chi connectivity index (χ0) is 10.4. The number of piperidine rings is 1. The van der Waals surface area contributed by atoms with Gasteiger partial charge in [-0.25, -0.2) is 0 Å². The predicted molar refractivity (Wildman–Crippen MR) is 63.5 cm³/mol. The molecule has 0 aromatic heterocycles. The number of likely N-dealkylation sites (tertiary alicyclic amines) is 1. The van der Waals surface area contributed by atoms with E-state index in [0.717, 1.165) is 11.8 Å². The van der Waals surface area contributed by atoms with Gasteiger partial charge in [0.25, 0.3) is 0 Å². The van der Waals surface area contributed by atoms with Gasteiger partial charge in [0.05, 0.1) is 0 Å². The molecular formula is C13H27N. The van der Waals surface area contributed by atoms with E-state index in [1.807, 2.05) is 0 Å². The molecule has 1 saturated heterocycles. The van der Waals surface area contributed by atoms with Gasteiger partial charge >= 0.3 is 0 Å². The van der Waals surface area contributed by atoms with Gasteiger partial charge in [0.2, 0.25) is 0 Å². The van der Waals surface area contributed by atoms with E-state index in [1.165, 1.54) is 51.6 Å². The van der Waals surface area contributed by atoms with Gasteiger partial charge < -0.3 is 4.90 Å². The van der Waals surface area contributed by atoms with E-state index in [2.05, 4.69) is 25.8 Å². The zero-order valence-electron chi connectivity index (χ0n) is 10.3. The van der Waals surface area contributed by atoms with Gasteiger partial charge in [0, 0.05) is 0 Å². The van der Waals surface area contributed by atoms with Crippen LogP contribution >= 0.6 is 0 Å². The Balaban J connectivity index is 2.29. The Morgan fingerprint density at radius 2 is 1.86 bits per heavy atom. The molecule has 1 aliphatic rings. The van der Waals surface area contributed by atoms with Crippen LogP contribution in [-0.2, 0) is 0 Å². The minimum absolute atomic E-state index is 1.02. The summed E-state index contributed by atoms with van der Waals surface area (Å²) in [7, 11) is 2.25. The molecule has 0 bridgehead atoms. The second-order valence-electron chi connectivity index (χ2n) is 4.95. The smallest absolute Gasteiger partial charge is 0.00190 e. The highest BCUT2D eigenvalue weighted by Gasteiger charge is 2.23. The molecule has 84 valence electrons. The lowest BCUT2D eigenvalue weighted by molar-refractivity contribution is 0.160. The number of hydrogen-bond donors (Lipinski definition) is 0. The molecule has 0 saturated carbocycles. The molecule has 1 rings (SSSR count). The number of nitrogens with zero attached hydrogens (tertiary/aromatic N) is 1. The highest BCUT2D eigenvalue weighted by Crippen LogP contribution is 2.30. The van der Waals surface area contributed by atoms with Crippen LogP contribution in [0.15, 0.2) is 0 Å². The van der Waals surface area contributed by atoms with Crippen LogP contribution in [-0.4, -0.2) is 25.0 Å². The molecule has 1 unspecified atom stereocenters. The first kappa shape index (κ1) is 12.0. The van der Waals surface area contributed by atoms with Gasteiger partial charge in [0.15, 0.2) is 0 Å². The summed E-state index contributed by atoms with van der Waals surface area (Å²) in [5.41, 5.74) is 0. The van der Waals surface area contributed by atoms with Gasteiger partial charge in [-0.1, -0.05) is 39.5 Å². The normalized spacial score (nSPS) is 22.5. The Labute approximate surface area is 89.9 Å². The van der Waals surface area contributed by atoms with Crippen LogP contribution in [0.4, 0.5) is 0 Å². The first-order valence-corrected chi connectivity index (χ1v) is 6.46. The van der Waals surface area contributed by atoms with Crippen molar-refractivity contribution in [2.24, 2.45) is 11.8 Å². The van der Waals surface area contributed by atoms with Crippen LogP contribution in [0.1, 0.15) is 52.4 Å². The molecule has 0 aromatic rings. The SMILES string of the molecule is CCCCC(CC)C1CCN(C)CC1. The maximum absolute atomic E-state index is 2.48. The molecule has 1 heteroatoms. The lowest BCUT2D eigenvalue weighted by atomic mass is 9.80. The van der Waals surface area contributed by atoms with E-state index in [-0.39, 0.29) is 0 Å². The van der Waals surface area contributed by atoms with Gasteiger partial charge in [-0.2, -0.15) is 0 Å². The van der Waals surface area contributed by atoms with Crippen LogP contribution in [0.25, 0.3) is 0 Å². The Morgan fingerprint density at radius 1 is 1.21 bits per heavy atom.